The Labute approximate surface area is 157 Å². The molecule has 0 atom stereocenters. The predicted molar refractivity (Wildman–Crippen MR) is 97.7 cm³/mol. The molecule has 0 saturated carbocycles. The summed E-state index contributed by atoms with van der Waals surface area (Å²) in [5, 5.41) is 5.74. The molecule has 0 bridgehead atoms. The van der Waals surface area contributed by atoms with Gasteiger partial charge in [0.05, 0.1) is 11.3 Å². The molecule has 0 heterocycles. The smallest absolute Gasteiger partial charge is 0.356 e. The SMILES string of the molecule is CN=C(NCc1ccc(F)cc1C(F)(F)F)NCC(C)(C)CCS(C)(=O)=O. The minimum Gasteiger partial charge on any atom is -0.356 e. The van der Waals surface area contributed by atoms with E-state index in [1.54, 1.807) is 0 Å². The van der Waals surface area contributed by atoms with Gasteiger partial charge in [0.25, 0.3) is 0 Å². The van der Waals surface area contributed by atoms with Crippen LogP contribution in [0.25, 0.3) is 0 Å². The zero-order valence-corrected chi connectivity index (χ0v) is 16.6. The van der Waals surface area contributed by atoms with Crippen LogP contribution in [0.5, 0.6) is 0 Å². The second kappa shape index (κ2) is 8.90. The quantitative estimate of drug-likeness (QED) is 0.411. The molecule has 1 aromatic rings. The van der Waals surface area contributed by atoms with Crippen molar-refractivity contribution in [3.63, 3.8) is 0 Å². The van der Waals surface area contributed by atoms with Gasteiger partial charge in [-0.25, -0.2) is 12.8 Å². The summed E-state index contributed by atoms with van der Waals surface area (Å²) in [6.45, 7) is 3.93. The molecule has 1 aromatic carbocycles. The van der Waals surface area contributed by atoms with E-state index in [0.717, 1.165) is 18.4 Å². The Kier molecular flexibility index (Phi) is 7.65. The number of rotatable bonds is 7. The molecular formula is C17H25F4N3O2S. The number of nitrogens with one attached hydrogen (secondary N) is 2. The third kappa shape index (κ3) is 8.59. The lowest BCUT2D eigenvalue weighted by Gasteiger charge is -2.26. The summed E-state index contributed by atoms with van der Waals surface area (Å²) in [7, 11) is -1.61. The van der Waals surface area contributed by atoms with E-state index in [-0.39, 0.29) is 29.2 Å². The molecule has 0 saturated heterocycles. The van der Waals surface area contributed by atoms with Crippen molar-refractivity contribution in [2.45, 2.75) is 33.0 Å². The molecule has 0 aliphatic carbocycles. The van der Waals surface area contributed by atoms with Gasteiger partial charge in [0.2, 0.25) is 0 Å². The van der Waals surface area contributed by atoms with Crippen LogP contribution >= 0.6 is 0 Å². The molecule has 154 valence electrons. The molecule has 0 amide bonds. The first kappa shape index (κ1) is 23.2. The summed E-state index contributed by atoms with van der Waals surface area (Å²) in [4.78, 5) is 3.95. The van der Waals surface area contributed by atoms with E-state index in [1.807, 2.05) is 13.8 Å². The van der Waals surface area contributed by atoms with E-state index >= 15 is 0 Å². The van der Waals surface area contributed by atoms with Crippen LogP contribution in [0.15, 0.2) is 23.2 Å². The maximum Gasteiger partial charge on any atom is 0.416 e. The minimum atomic E-state index is -4.66. The molecule has 10 heteroatoms. The molecular weight excluding hydrogens is 386 g/mol. The first-order chi connectivity index (χ1) is 12.2. The number of benzene rings is 1. The van der Waals surface area contributed by atoms with Crippen molar-refractivity contribution < 1.29 is 26.0 Å². The van der Waals surface area contributed by atoms with E-state index in [9.17, 15) is 26.0 Å². The lowest BCUT2D eigenvalue weighted by Crippen LogP contribution is -2.42. The summed E-state index contributed by atoms with van der Waals surface area (Å²) in [6.07, 6.45) is -3.08. The molecule has 0 spiro atoms. The van der Waals surface area contributed by atoms with E-state index in [2.05, 4.69) is 15.6 Å². The van der Waals surface area contributed by atoms with Crippen LogP contribution in [-0.2, 0) is 22.6 Å². The Hall–Kier alpha value is -1.84. The third-order valence-electron chi connectivity index (χ3n) is 3.93. The Morgan fingerprint density at radius 2 is 1.81 bits per heavy atom. The molecule has 0 aliphatic heterocycles. The van der Waals surface area contributed by atoms with Crippen molar-refractivity contribution in [3.05, 3.63) is 35.1 Å². The number of alkyl halides is 3. The van der Waals surface area contributed by atoms with Crippen LogP contribution in [-0.4, -0.2) is 40.0 Å². The van der Waals surface area contributed by atoms with Gasteiger partial charge in [-0.2, -0.15) is 13.2 Å². The minimum absolute atomic E-state index is 0.0399. The van der Waals surface area contributed by atoms with Crippen LogP contribution in [0.3, 0.4) is 0 Å². The van der Waals surface area contributed by atoms with Gasteiger partial charge in [0.15, 0.2) is 5.96 Å². The molecule has 0 aromatic heterocycles. The summed E-state index contributed by atoms with van der Waals surface area (Å²) >= 11 is 0. The zero-order chi connectivity index (χ0) is 20.9. The maximum absolute atomic E-state index is 13.2. The Balaban J connectivity index is 2.71. The topological polar surface area (TPSA) is 70.6 Å². The van der Waals surface area contributed by atoms with Crippen molar-refractivity contribution in [1.29, 1.82) is 0 Å². The molecule has 0 aliphatic rings. The number of hydrogen-bond acceptors (Lipinski definition) is 3. The lowest BCUT2D eigenvalue weighted by atomic mass is 9.90. The van der Waals surface area contributed by atoms with Crippen molar-refractivity contribution in [2.75, 3.05) is 25.6 Å². The number of nitrogens with zero attached hydrogens (tertiary/aromatic N) is 1. The molecule has 0 radical (unpaired) electrons. The normalized spacial score (nSPS) is 13.6. The van der Waals surface area contributed by atoms with Gasteiger partial charge in [-0.3, -0.25) is 4.99 Å². The fourth-order valence-electron chi connectivity index (χ4n) is 2.24. The van der Waals surface area contributed by atoms with Gasteiger partial charge in [0, 0.05) is 26.4 Å². The lowest BCUT2D eigenvalue weighted by molar-refractivity contribution is -0.138. The van der Waals surface area contributed by atoms with Gasteiger partial charge in [-0.1, -0.05) is 19.9 Å². The van der Waals surface area contributed by atoms with Crippen LogP contribution in [0.2, 0.25) is 0 Å². The second-order valence-corrected chi connectivity index (χ2v) is 9.38. The number of sulfone groups is 1. The largest absolute Gasteiger partial charge is 0.416 e. The molecule has 0 fully saturated rings. The Bertz CT molecular complexity index is 775. The first-order valence-corrected chi connectivity index (χ1v) is 10.3. The van der Waals surface area contributed by atoms with Gasteiger partial charge in [-0.15, -0.1) is 0 Å². The van der Waals surface area contributed by atoms with Crippen molar-refractivity contribution in [2.24, 2.45) is 10.4 Å². The number of guanidine groups is 1. The summed E-state index contributed by atoms with van der Waals surface area (Å²) in [5.74, 6) is -0.654. The van der Waals surface area contributed by atoms with Crippen LogP contribution in [0, 0.1) is 11.2 Å². The average Bonchev–Trinajstić information content (AvgIpc) is 2.53. The van der Waals surface area contributed by atoms with E-state index in [0.29, 0.717) is 19.0 Å². The monoisotopic (exact) mass is 411 g/mol. The van der Waals surface area contributed by atoms with E-state index < -0.39 is 27.4 Å². The third-order valence-corrected chi connectivity index (χ3v) is 4.88. The van der Waals surface area contributed by atoms with E-state index in [4.69, 9.17) is 0 Å². The Morgan fingerprint density at radius 3 is 2.33 bits per heavy atom. The predicted octanol–water partition coefficient (Wildman–Crippen LogP) is 2.97. The fourth-order valence-corrected chi connectivity index (χ4v) is 3.16. The summed E-state index contributed by atoms with van der Waals surface area (Å²) < 4.78 is 74.8. The van der Waals surface area contributed by atoms with Crippen LogP contribution in [0.1, 0.15) is 31.4 Å². The Morgan fingerprint density at radius 1 is 1.19 bits per heavy atom. The number of halogens is 4. The highest BCUT2D eigenvalue weighted by Crippen LogP contribution is 2.32. The maximum atomic E-state index is 13.2. The first-order valence-electron chi connectivity index (χ1n) is 8.21. The van der Waals surface area contributed by atoms with Crippen molar-refractivity contribution >= 4 is 15.8 Å². The van der Waals surface area contributed by atoms with E-state index in [1.165, 1.54) is 7.05 Å². The van der Waals surface area contributed by atoms with Crippen LogP contribution in [0.4, 0.5) is 17.6 Å². The zero-order valence-electron chi connectivity index (χ0n) is 15.7. The average molecular weight is 411 g/mol. The second-order valence-electron chi connectivity index (χ2n) is 7.12. The highest BCUT2D eigenvalue weighted by atomic mass is 32.2. The highest BCUT2D eigenvalue weighted by molar-refractivity contribution is 7.90. The highest BCUT2D eigenvalue weighted by Gasteiger charge is 2.33. The summed E-state index contributed by atoms with van der Waals surface area (Å²) in [6, 6.07) is 2.51. The van der Waals surface area contributed by atoms with Gasteiger partial charge >= 0.3 is 6.18 Å². The number of hydrogen-bond donors (Lipinski definition) is 2. The number of aliphatic imine (C=N–C) groups is 1. The van der Waals surface area contributed by atoms with Crippen molar-refractivity contribution in [3.8, 4) is 0 Å². The fraction of sp³-hybridized carbons (Fsp3) is 0.588. The van der Waals surface area contributed by atoms with Gasteiger partial charge < -0.3 is 10.6 Å². The summed E-state index contributed by atoms with van der Waals surface area (Å²) in [5.41, 5.74) is -1.52. The molecule has 5 nitrogen and oxygen atoms in total. The molecule has 0 unspecified atom stereocenters. The van der Waals surface area contributed by atoms with Crippen molar-refractivity contribution in [1.82, 2.24) is 10.6 Å². The van der Waals surface area contributed by atoms with Gasteiger partial charge in [0.1, 0.15) is 15.7 Å². The molecule has 27 heavy (non-hydrogen) atoms. The van der Waals surface area contributed by atoms with Gasteiger partial charge in [-0.05, 0) is 29.5 Å². The van der Waals surface area contributed by atoms with Crippen LogP contribution < -0.4 is 10.6 Å². The standard InChI is InChI=1S/C17H25F4N3O2S/c1-16(2,7-8-27(4,25)26)11-24-15(22-3)23-10-12-5-6-13(18)9-14(12)17(19,20)21/h5-6,9H,7-8,10-11H2,1-4H3,(H2,22,23,24). The molecule has 2 N–H and O–H groups in total. The molecule has 1 rings (SSSR count).